The van der Waals surface area contributed by atoms with Crippen molar-refractivity contribution in [2.75, 3.05) is 38.6 Å². The maximum Gasteiger partial charge on any atom is 0.312 e. The molecule has 6 rings (SSSR count). The second-order valence-corrected chi connectivity index (χ2v) is 15.9. The van der Waals surface area contributed by atoms with Gasteiger partial charge in [-0.1, -0.05) is 45.9 Å². The summed E-state index contributed by atoms with van der Waals surface area (Å²) in [5.41, 5.74) is -0.448. The highest BCUT2D eigenvalue weighted by Gasteiger charge is 2.50. The maximum absolute atomic E-state index is 14.4. The van der Waals surface area contributed by atoms with Gasteiger partial charge in [0.1, 0.15) is 23.4 Å². The van der Waals surface area contributed by atoms with E-state index in [9.17, 15) is 39.9 Å². The molecule has 4 aliphatic heterocycles. The Bertz CT molecular complexity index is 2080. The Morgan fingerprint density at radius 2 is 1.63 bits per heavy atom. The van der Waals surface area contributed by atoms with Gasteiger partial charge in [0.25, 0.3) is 11.7 Å². The number of anilines is 1. The zero-order valence-electron chi connectivity index (χ0n) is 34.9. The fourth-order valence-corrected chi connectivity index (χ4v) is 7.84. The van der Waals surface area contributed by atoms with Crippen molar-refractivity contribution in [2.24, 2.45) is 34.6 Å². The molecule has 8 N–H and O–H groups in total. The third kappa shape index (κ3) is 8.89. The number of allylic oxidation sites excluding steroid dienone is 2. The number of methoxy groups -OCH3 is 1. The number of aliphatic hydroxyl groups is 2. The summed E-state index contributed by atoms with van der Waals surface area (Å²) < 4.78 is 23.6. The molecule has 1 amide bonds. The van der Waals surface area contributed by atoms with Crippen molar-refractivity contribution in [3.05, 3.63) is 52.8 Å². The molecule has 0 saturated carbocycles. The second-order valence-electron chi connectivity index (χ2n) is 15.9. The maximum atomic E-state index is 14.4. The second kappa shape index (κ2) is 18.0. The molecular formula is C42H57N5O12. The van der Waals surface area contributed by atoms with E-state index in [0.717, 1.165) is 0 Å². The van der Waals surface area contributed by atoms with Crippen LogP contribution in [-0.2, 0) is 23.8 Å². The lowest BCUT2D eigenvalue weighted by atomic mass is 9.78. The molecule has 9 unspecified atom stereocenters. The van der Waals surface area contributed by atoms with Gasteiger partial charge in [-0.05, 0) is 19.9 Å². The first-order valence-corrected chi connectivity index (χ1v) is 19.6. The van der Waals surface area contributed by atoms with E-state index in [0.29, 0.717) is 26.2 Å². The number of hydrogen-bond acceptors (Lipinski definition) is 16. The molecule has 5 bridgehead atoms. The summed E-state index contributed by atoms with van der Waals surface area (Å²) in [4.78, 5) is 40.5. The van der Waals surface area contributed by atoms with Gasteiger partial charge in [-0.25, -0.2) is 5.01 Å². The molecule has 0 aromatic heterocycles. The molecule has 17 nitrogen and oxygen atoms in total. The molecule has 322 valence electrons. The average molecular weight is 824 g/mol. The molecule has 59 heavy (non-hydrogen) atoms. The van der Waals surface area contributed by atoms with Crippen molar-refractivity contribution in [1.82, 2.24) is 10.0 Å². The number of rotatable bonds is 4. The Labute approximate surface area is 343 Å². The predicted octanol–water partition coefficient (Wildman–Crippen LogP) is 3.58. The number of phenolic OH excluding ortho intramolecular Hbond substituents is 3. The number of hydrogen-bond donors (Lipinski definition) is 7. The SMILES string of the molecule is COC1/C=C/OC2(C)Oc3c(C)c(O)c4c(O)c(c(/C=N\N5CCN(N)CC5)c(O)c4c3C2=O)NC(=O)/C(C)=C/C=C/C(C)C(O)C(C)C(O)C(C)C(OC(C)=O)C1C. The van der Waals surface area contributed by atoms with Gasteiger partial charge in [-0.3, -0.25) is 25.2 Å². The number of amides is 1. The summed E-state index contributed by atoms with van der Waals surface area (Å²) in [6, 6.07) is 0. The van der Waals surface area contributed by atoms with Gasteiger partial charge in [0.15, 0.2) is 5.75 Å². The number of Topliss-reactive ketones (excluding diaryl/α,β-unsaturated/α-hetero) is 1. The summed E-state index contributed by atoms with van der Waals surface area (Å²) in [5.74, 6) is -2.57. The van der Waals surface area contributed by atoms with Gasteiger partial charge < -0.3 is 49.8 Å². The Hall–Kier alpha value is -5.20. The van der Waals surface area contributed by atoms with Crippen LogP contribution in [0.1, 0.15) is 70.0 Å². The van der Waals surface area contributed by atoms with Crippen molar-refractivity contribution >= 4 is 40.3 Å². The van der Waals surface area contributed by atoms with Crippen LogP contribution in [0.2, 0.25) is 0 Å². The highest BCUT2D eigenvalue weighted by molar-refractivity contribution is 6.23. The Morgan fingerprint density at radius 3 is 2.25 bits per heavy atom. The fraction of sp³-hybridized carbons (Fsp3) is 0.524. The number of benzene rings is 2. The quantitative estimate of drug-likeness (QED) is 0.0766. The number of nitrogens with zero attached hydrogens (tertiary/aromatic N) is 3. The molecule has 0 radical (unpaired) electrons. The molecule has 2 aromatic rings. The van der Waals surface area contributed by atoms with Crippen molar-refractivity contribution < 1.29 is 58.9 Å². The molecule has 0 aliphatic carbocycles. The van der Waals surface area contributed by atoms with Crippen LogP contribution in [0.25, 0.3) is 10.8 Å². The van der Waals surface area contributed by atoms with E-state index in [-0.39, 0.29) is 44.5 Å². The molecular weight excluding hydrogens is 766 g/mol. The van der Waals surface area contributed by atoms with Crippen LogP contribution < -0.4 is 15.9 Å². The number of ketones is 1. The van der Waals surface area contributed by atoms with Gasteiger partial charge in [0, 0.05) is 74.2 Å². The monoisotopic (exact) mass is 823 g/mol. The molecule has 1 saturated heterocycles. The first kappa shape index (κ1) is 44.9. The first-order valence-electron chi connectivity index (χ1n) is 19.6. The number of nitrogens with two attached hydrogens (primary N) is 1. The topological polar surface area (TPSA) is 246 Å². The largest absolute Gasteiger partial charge is 0.507 e. The lowest BCUT2D eigenvalue weighted by Crippen LogP contribution is -2.47. The number of aliphatic hydroxyl groups excluding tert-OH is 2. The number of carbonyl (C=O) groups excluding carboxylic acids is 3. The number of hydrazine groups is 1. The number of ether oxygens (including phenoxy) is 4. The summed E-state index contributed by atoms with van der Waals surface area (Å²) in [5, 5.41) is 68.2. The number of esters is 1. The third-order valence-electron chi connectivity index (χ3n) is 11.7. The minimum atomic E-state index is -2.05. The van der Waals surface area contributed by atoms with E-state index in [1.54, 1.807) is 49.9 Å². The molecule has 4 aliphatic rings. The molecule has 1 fully saturated rings. The van der Waals surface area contributed by atoms with Gasteiger partial charge in [0.2, 0.25) is 0 Å². The molecule has 2 aromatic carbocycles. The van der Waals surface area contributed by atoms with E-state index in [2.05, 4.69) is 10.4 Å². The van der Waals surface area contributed by atoms with Crippen LogP contribution in [0.4, 0.5) is 5.69 Å². The van der Waals surface area contributed by atoms with Crippen LogP contribution in [0, 0.1) is 30.6 Å². The minimum absolute atomic E-state index is 0.0441. The van der Waals surface area contributed by atoms with Gasteiger partial charge >= 0.3 is 11.8 Å². The van der Waals surface area contributed by atoms with E-state index in [4.69, 9.17) is 24.8 Å². The number of hydrazone groups is 1. The highest BCUT2D eigenvalue weighted by Crippen LogP contribution is 2.55. The summed E-state index contributed by atoms with van der Waals surface area (Å²) in [7, 11) is 1.43. The van der Waals surface area contributed by atoms with Crippen molar-refractivity contribution in [3.8, 4) is 23.0 Å². The van der Waals surface area contributed by atoms with Gasteiger partial charge in [-0.2, -0.15) is 5.10 Å². The van der Waals surface area contributed by atoms with E-state index >= 15 is 0 Å². The molecule has 4 heterocycles. The zero-order valence-corrected chi connectivity index (χ0v) is 34.9. The van der Waals surface area contributed by atoms with Crippen molar-refractivity contribution in [2.45, 2.75) is 85.6 Å². The Kier molecular flexibility index (Phi) is 13.7. The normalized spacial score (nSPS) is 32.1. The molecule has 0 spiro atoms. The standard InChI is InChI=1S/C42H57N5O12/c1-20-11-10-12-21(2)41(55)45-32-27(19-44-47-16-14-46(43)15-17-47)36(52)29-30(37(32)53)35(51)25(6)39-31(29)40(54)42(8,59-39)57-18-13-28(56-9)22(3)38(58-26(7)48)24(5)34(50)23(4)33(20)49/h10-13,18-20,22-24,28,33-34,38,49-53H,14-17,43H2,1-9H3,(H,45,55)/b11-10+,18-13+,21-12+,44-19-. The number of phenols is 3. The molecule has 17 heteroatoms. The van der Waals surface area contributed by atoms with E-state index in [1.807, 2.05) is 0 Å². The Morgan fingerprint density at radius 1 is 0.966 bits per heavy atom. The van der Waals surface area contributed by atoms with Gasteiger partial charge in [0.05, 0.1) is 66.1 Å². The lowest BCUT2D eigenvalue weighted by molar-refractivity contribution is -0.160. The highest BCUT2D eigenvalue weighted by atomic mass is 16.7. The smallest absolute Gasteiger partial charge is 0.312 e. The first-order chi connectivity index (χ1) is 27.7. The number of aromatic hydroxyl groups is 3. The number of piperazine rings is 1. The molecule has 9 atom stereocenters. The summed E-state index contributed by atoms with van der Waals surface area (Å²) >= 11 is 0. The number of nitrogens with one attached hydrogen (secondary N) is 1. The van der Waals surface area contributed by atoms with Crippen LogP contribution in [0.3, 0.4) is 0 Å². The van der Waals surface area contributed by atoms with Crippen molar-refractivity contribution in [1.29, 1.82) is 0 Å². The number of carbonyl (C=O) groups is 3. The third-order valence-corrected chi connectivity index (χ3v) is 11.7. The zero-order chi connectivity index (χ0) is 43.7. The van der Waals surface area contributed by atoms with Crippen LogP contribution in [-0.4, -0.2) is 123 Å². The summed E-state index contributed by atoms with van der Waals surface area (Å²) in [6.45, 7) is 14.3. The van der Waals surface area contributed by atoms with Crippen LogP contribution >= 0.6 is 0 Å². The van der Waals surface area contributed by atoms with Crippen LogP contribution in [0.5, 0.6) is 23.0 Å². The minimum Gasteiger partial charge on any atom is -0.507 e. The van der Waals surface area contributed by atoms with E-state index < -0.39 is 88.8 Å². The number of fused-ring (bicyclic) bond motifs is 14. The average Bonchev–Trinajstić information content (AvgIpc) is 3.46. The van der Waals surface area contributed by atoms with Crippen molar-refractivity contribution in [3.63, 3.8) is 0 Å². The van der Waals surface area contributed by atoms with E-state index in [1.165, 1.54) is 59.4 Å². The fourth-order valence-electron chi connectivity index (χ4n) is 7.84. The Balaban J connectivity index is 1.70. The summed E-state index contributed by atoms with van der Waals surface area (Å²) in [6.07, 6.45) is 4.75. The lowest BCUT2D eigenvalue weighted by Gasteiger charge is -2.38. The van der Waals surface area contributed by atoms with Crippen LogP contribution in [0.15, 0.2) is 41.2 Å². The van der Waals surface area contributed by atoms with Gasteiger partial charge in [-0.15, -0.1) is 0 Å². The predicted molar refractivity (Wildman–Crippen MR) is 219 cm³/mol.